The van der Waals surface area contributed by atoms with E-state index in [1.807, 2.05) is 25.1 Å². The van der Waals surface area contributed by atoms with Crippen LogP contribution in [0.25, 0.3) is 0 Å². The van der Waals surface area contributed by atoms with Gasteiger partial charge in [-0.3, -0.25) is 0 Å². The number of aliphatic hydroxyl groups is 1. The quantitative estimate of drug-likeness (QED) is 0.898. The van der Waals surface area contributed by atoms with E-state index in [2.05, 4.69) is 6.07 Å². The predicted octanol–water partition coefficient (Wildman–Crippen LogP) is 3.81. The van der Waals surface area contributed by atoms with E-state index in [1.165, 1.54) is 24.3 Å². The zero-order valence-corrected chi connectivity index (χ0v) is 11.8. The number of halogens is 1. The van der Waals surface area contributed by atoms with Crippen molar-refractivity contribution >= 4 is 0 Å². The molecule has 2 aromatic carbocycles. The molecule has 0 heterocycles. The molecule has 0 aliphatic rings. The Morgan fingerprint density at radius 3 is 2.65 bits per heavy atom. The lowest BCUT2D eigenvalue weighted by atomic mass is 10.0. The van der Waals surface area contributed by atoms with Gasteiger partial charge in [0.05, 0.1) is 13.2 Å². The maximum absolute atomic E-state index is 13.6. The van der Waals surface area contributed by atoms with Crippen LogP contribution >= 0.6 is 0 Å². The van der Waals surface area contributed by atoms with Crippen LogP contribution in [-0.2, 0) is 6.42 Å². The van der Waals surface area contributed by atoms with Crippen molar-refractivity contribution in [3.63, 3.8) is 0 Å². The lowest BCUT2D eigenvalue weighted by Crippen LogP contribution is -2.01. The molecule has 2 rings (SSSR count). The highest BCUT2D eigenvalue weighted by molar-refractivity contribution is 5.30. The molecule has 0 radical (unpaired) electrons. The molecule has 20 heavy (non-hydrogen) atoms. The number of hydrogen-bond donors (Lipinski definition) is 1. The highest BCUT2D eigenvalue weighted by atomic mass is 19.1. The average molecular weight is 274 g/mol. The van der Waals surface area contributed by atoms with Gasteiger partial charge in [0.2, 0.25) is 0 Å². The predicted molar refractivity (Wildman–Crippen MR) is 77.4 cm³/mol. The van der Waals surface area contributed by atoms with Crippen LogP contribution in [0.1, 0.15) is 29.2 Å². The first-order valence-electron chi connectivity index (χ1n) is 6.67. The summed E-state index contributed by atoms with van der Waals surface area (Å²) in [4.78, 5) is 0. The first kappa shape index (κ1) is 14.5. The second-order valence-electron chi connectivity index (χ2n) is 4.94. The summed E-state index contributed by atoms with van der Waals surface area (Å²) in [5, 5.41) is 10.1. The average Bonchev–Trinajstić information content (AvgIpc) is 2.44. The van der Waals surface area contributed by atoms with E-state index in [9.17, 15) is 9.50 Å². The molecule has 1 unspecified atom stereocenters. The molecule has 0 aliphatic heterocycles. The van der Waals surface area contributed by atoms with Crippen molar-refractivity contribution in [2.45, 2.75) is 25.9 Å². The van der Waals surface area contributed by atoms with Gasteiger partial charge in [-0.05, 0) is 43.0 Å². The van der Waals surface area contributed by atoms with Gasteiger partial charge in [0.15, 0.2) is 11.6 Å². The fourth-order valence-corrected chi connectivity index (χ4v) is 2.23. The van der Waals surface area contributed by atoms with Crippen LogP contribution in [0.15, 0.2) is 42.5 Å². The monoisotopic (exact) mass is 274 g/mol. The zero-order chi connectivity index (χ0) is 14.5. The molecule has 2 nitrogen and oxygen atoms in total. The van der Waals surface area contributed by atoms with Gasteiger partial charge < -0.3 is 9.84 Å². The third-order valence-corrected chi connectivity index (χ3v) is 3.35. The molecule has 3 heteroatoms. The Morgan fingerprint density at radius 1 is 1.20 bits per heavy atom. The highest BCUT2D eigenvalue weighted by Crippen LogP contribution is 2.24. The van der Waals surface area contributed by atoms with Crippen molar-refractivity contribution in [3.8, 4) is 5.75 Å². The van der Waals surface area contributed by atoms with E-state index in [4.69, 9.17) is 4.74 Å². The van der Waals surface area contributed by atoms with Gasteiger partial charge in [0.1, 0.15) is 0 Å². The Hall–Kier alpha value is -1.87. The standard InChI is InChI=1S/C17H19FO2/c1-12-4-3-5-13(10-12)6-8-16(19)14-7-9-17(20-2)15(18)11-14/h3-5,7,9-11,16,19H,6,8H2,1-2H3. The van der Waals surface area contributed by atoms with Gasteiger partial charge in [-0.25, -0.2) is 4.39 Å². The summed E-state index contributed by atoms with van der Waals surface area (Å²) >= 11 is 0. The van der Waals surface area contributed by atoms with Crippen molar-refractivity contribution in [1.82, 2.24) is 0 Å². The van der Waals surface area contributed by atoms with Crippen molar-refractivity contribution in [2.24, 2.45) is 0 Å². The molecule has 0 aliphatic carbocycles. The Balaban J connectivity index is 2.01. The lowest BCUT2D eigenvalue weighted by molar-refractivity contribution is 0.167. The van der Waals surface area contributed by atoms with Gasteiger partial charge >= 0.3 is 0 Å². The molecule has 0 amide bonds. The molecule has 1 N–H and O–H groups in total. The molecular weight excluding hydrogens is 255 g/mol. The van der Waals surface area contributed by atoms with Gasteiger partial charge in [0.25, 0.3) is 0 Å². The van der Waals surface area contributed by atoms with Crippen LogP contribution in [0.5, 0.6) is 5.75 Å². The normalized spacial score (nSPS) is 12.2. The number of benzene rings is 2. The molecule has 0 spiro atoms. The number of ether oxygens (including phenoxy) is 1. The van der Waals surface area contributed by atoms with Crippen LogP contribution in [0.3, 0.4) is 0 Å². The minimum Gasteiger partial charge on any atom is -0.494 e. The molecular formula is C17H19FO2. The molecule has 2 aromatic rings. The van der Waals surface area contributed by atoms with E-state index in [0.717, 1.165) is 6.42 Å². The molecule has 0 saturated heterocycles. The summed E-state index contributed by atoms with van der Waals surface area (Å²) in [6, 6.07) is 12.8. The van der Waals surface area contributed by atoms with Gasteiger partial charge in [-0.1, -0.05) is 35.9 Å². The second kappa shape index (κ2) is 6.53. The minimum absolute atomic E-state index is 0.194. The van der Waals surface area contributed by atoms with Crippen LogP contribution in [0.4, 0.5) is 4.39 Å². The van der Waals surface area contributed by atoms with E-state index < -0.39 is 11.9 Å². The Kier molecular flexibility index (Phi) is 4.74. The van der Waals surface area contributed by atoms with Crippen molar-refractivity contribution in [1.29, 1.82) is 0 Å². The second-order valence-corrected chi connectivity index (χ2v) is 4.94. The summed E-state index contributed by atoms with van der Waals surface area (Å²) in [7, 11) is 1.42. The summed E-state index contributed by atoms with van der Waals surface area (Å²) in [5.74, 6) is -0.251. The first-order valence-corrected chi connectivity index (χ1v) is 6.67. The smallest absolute Gasteiger partial charge is 0.165 e. The number of aliphatic hydroxyl groups excluding tert-OH is 1. The highest BCUT2D eigenvalue weighted by Gasteiger charge is 2.11. The lowest BCUT2D eigenvalue weighted by Gasteiger charge is -2.12. The van der Waals surface area contributed by atoms with Crippen LogP contribution in [-0.4, -0.2) is 12.2 Å². The number of methoxy groups -OCH3 is 1. The fourth-order valence-electron chi connectivity index (χ4n) is 2.23. The Morgan fingerprint density at radius 2 is 2.00 bits per heavy atom. The van der Waals surface area contributed by atoms with Crippen molar-refractivity contribution < 1.29 is 14.2 Å². The third kappa shape index (κ3) is 3.58. The molecule has 0 saturated carbocycles. The number of aryl methyl sites for hydroxylation is 2. The minimum atomic E-state index is -0.670. The summed E-state index contributed by atoms with van der Waals surface area (Å²) < 4.78 is 18.5. The molecule has 0 bridgehead atoms. The Labute approximate surface area is 118 Å². The summed E-state index contributed by atoms with van der Waals surface area (Å²) in [6.45, 7) is 2.04. The molecule has 0 aromatic heterocycles. The maximum Gasteiger partial charge on any atom is 0.165 e. The van der Waals surface area contributed by atoms with Gasteiger partial charge in [-0.2, -0.15) is 0 Å². The van der Waals surface area contributed by atoms with Gasteiger partial charge in [0, 0.05) is 0 Å². The zero-order valence-electron chi connectivity index (χ0n) is 11.8. The topological polar surface area (TPSA) is 29.5 Å². The molecule has 0 fully saturated rings. The van der Waals surface area contributed by atoms with E-state index in [1.54, 1.807) is 12.1 Å². The SMILES string of the molecule is COc1ccc(C(O)CCc2cccc(C)c2)cc1F. The van der Waals surface area contributed by atoms with Crippen LogP contribution in [0.2, 0.25) is 0 Å². The van der Waals surface area contributed by atoms with E-state index in [0.29, 0.717) is 12.0 Å². The van der Waals surface area contributed by atoms with Gasteiger partial charge in [-0.15, -0.1) is 0 Å². The fraction of sp³-hybridized carbons (Fsp3) is 0.294. The largest absolute Gasteiger partial charge is 0.494 e. The molecule has 1 atom stereocenters. The summed E-state index contributed by atoms with van der Waals surface area (Å²) in [6.07, 6.45) is 0.655. The van der Waals surface area contributed by atoms with Crippen molar-refractivity contribution in [3.05, 3.63) is 65.0 Å². The first-order chi connectivity index (χ1) is 9.60. The van der Waals surface area contributed by atoms with Crippen LogP contribution in [0, 0.1) is 12.7 Å². The maximum atomic E-state index is 13.6. The third-order valence-electron chi connectivity index (χ3n) is 3.35. The van der Waals surface area contributed by atoms with Crippen molar-refractivity contribution in [2.75, 3.05) is 7.11 Å². The Bertz CT molecular complexity index is 581. The number of hydrogen-bond acceptors (Lipinski definition) is 2. The number of rotatable bonds is 5. The summed E-state index contributed by atoms with van der Waals surface area (Å²) in [5.41, 5.74) is 2.96. The van der Waals surface area contributed by atoms with E-state index >= 15 is 0 Å². The van der Waals surface area contributed by atoms with Crippen LogP contribution < -0.4 is 4.74 Å². The van der Waals surface area contributed by atoms with E-state index in [-0.39, 0.29) is 5.75 Å². The molecule has 106 valence electrons.